The number of carbonyl (C=O) groups is 2. The van der Waals surface area contributed by atoms with Crippen LogP contribution in [0.2, 0.25) is 5.02 Å². The number of Topliss-reactive ketones (excluding diaryl/α,β-unsaturated/α-hetero) is 1. The second-order valence-corrected chi connectivity index (χ2v) is 6.01. The molecule has 0 aliphatic heterocycles. The Bertz CT molecular complexity index is 655. The summed E-state index contributed by atoms with van der Waals surface area (Å²) in [5.74, 6) is 0.497. The van der Waals surface area contributed by atoms with Crippen LogP contribution in [0.3, 0.4) is 0 Å². The van der Waals surface area contributed by atoms with Crippen LogP contribution in [0.4, 0.5) is 5.69 Å². The van der Waals surface area contributed by atoms with E-state index in [2.05, 4.69) is 5.32 Å². The molecule has 1 N–H and O–H groups in total. The second kappa shape index (κ2) is 7.96. The van der Waals surface area contributed by atoms with Crippen LogP contribution in [-0.4, -0.2) is 18.8 Å². The molecule has 1 heterocycles. The molecule has 116 valence electrons. The molecule has 2 rings (SSSR count). The van der Waals surface area contributed by atoms with E-state index in [1.54, 1.807) is 24.3 Å². The summed E-state index contributed by atoms with van der Waals surface area (Å²) in [6.07, 6.45) is 1.19. The maximum absolute atomic E-state index is 11.9. The zero-order valence-electron chi connectivity index (χ0n) is 12.1. The van der Waals surface area contributed by atoms with Crippen LogP contribution in [0.15, 0.2) is 35.7 Å². The second-order valence-electron chi connectivity index (χ2n) is 4.65. The predicted molar refractivity (Wildman–Crippen MR) is 89.1 cm³/mol. The van der Waals surface area contributed by atoms with Crippen molar-refractivity contribution in [1.82, 2.24) is 0 Å². The Morgan fingerprint density at radius 1 is 1.27 bits per heavy atom. The fourth-order valence-electron chi connectivity index (χ4n) is 1.94. The number of methoxy groups -OCH3 is 1. The Morgan fingerprint density at radius 3 is 2.73 bits per heavy atom. The first-order chi connectivity index (χ1) is 10.6. The number of benzene rings is 1. The number of thiophene rings is 1. The molecule has 2 aromatic rings. The predicted octanol–water partition coefficient (Wildman–Crippen LogP) is 4.40. The zero-order valence-corrected chi connectivity index (χ0v) is 13.7. The molecule has 0 saturated heterocycles. The summed E-state index contributed by atoms with van der Waals surface area (Å²) in [6.45, 7) is 0. The fraction of sp³-hybridized carbons (Fsp3) is 0.250. The standard InChI is InChI=1S/C16H16ClNO3S/c1-21-14-8-7-11(10-12(14)17)18-16(20)6-2-4-13(19)15-5-3-9-22-15/h3,5,7-10H,2,4,6H2,1H3,(H,18,20). The van der Waals surface area contributed by atoms with Crippen LogP contribution in [0.25, 0.3) is 0 Å². The quantitative estimate of drug-likeness (QED) is 0.762. The third-order valence-electron chi connectivity index (χ3n) is 3.04. The van der Waals surface area contributed by atoms with Crippen molar-refractivity contribution in [2.45, 2.75) is 19.3 Å². The topological polar surface area (TPSA) is 55.4 Å². The van der Waals surface area contributed by atoms with E-state index in [1.165, 1.54) is 18.4 Å². The van der Waals surface area contributed by atoms with E-state index in [1.807, 2.05) is 11.4 Å². The number of nitrogens with one attached hydrogen (secondary N) is 1. The summed E-state index contributed by atoms with van der Waals surface area (Å²) < 4.78 is 5.05. The van der Waals surface area contributed by atoms with Crippen molar-refractivity contribution in [3.05, 3.63) is 45.6 Å². The van der Waals surface area contributed by atoms with Crippen molar-refractivity contribution >= 4 is 40.3 Å². The largest absolute Gasteiger partial charge is 0.495 e. The van der Waals surface area contributed by atoms with Gasteiger partial charge in [0, 0.05) is 18.5 Å². The van der Waals surface area contributed by atoms with Crippen LogP contribution in [0, 0.1) is 0 Å². The van der Waals surface area contributed by atoms with Crippen LogP contribution in [0.1, 0.15) is 28.9 Å². The van der Waals surface area contributed by atoms with Gasteiger partial charge in [-0.05, 0) is 36.1 Å². The van der Waals surface area contributed by atoms with Crippen molar-refractivity contribution in [1.29, 1.82) is 0 Å². The number of amides is 1. The number of ketones is 1. The summed E-state index contributed by atoms with van der Waals surface area (Å²) in [6, 6.07) is 8.69. The van der Waals surface area contributed by atoms with Gasteiger partial charge in [-0.1, -0.05) is 17.7 Å². The van der Waals surface area contributed by atoms with Gasteiger partial charge in [-0.25, -0.2) is 0 Å². The Morgan fingerprint density at radius 2 is 2.09 bits per heavy atom. The van der Waals surface area contributed by atoms with Crippen LogP contribution in [-0.2, 0) is 4.79 Å². The molecule has 0 radical (unpaired) electrons. The SMILES string of the molecule is COc1ccc(NC(=O)CCCC(=O)c2cccs2)cc1Cl. The van der Waals surface area contributed by atoms with Gasteiger partial charge in [-0.15, -0.1) is 11.3 Å². The molecule has 0 aliphatic rings. The van der Waals surface area contributed by atoms with Crippen LogP contribution < -0.4 is 10.1 Å². The summed E-state index contributed by atoms with van der Waals surface area (Å²) in [7, 11) is 1.53. The number of ether oxygens (including phenoxy) is 1. The highest BCUT2D eigenvalue weighted by molar-refractivity contribution is 7.12. The van der Waals surface area contributed by atoms with Gasteiger partial charge in [0.25, 0.3) is 0 Å². The highest BCUT2D eigenvalue weighted by Crippen LogP contribution is 2.27. The number of halogens is 1. The van der Waals surface area contributed by atoms with Gasteiger partial charge in [0.2, 0.25) is 5.91 Å². The fourth-order valence-corrected chi connectivity index (χ4v) is 2.89. The first-order valence-electron chi connectivity index (χ1n) is 6.80. The summed E-state index contributed by atoms with van der Waals surface area (Å²) in [5.41, 5.74) is 0.611. The van der Waals surface area contributed by atoms with Gasteiger partial charge in [0.1, 0.15) is 5.75 Å². The summed E-state index contributed by atoms with van der Waals surface area (Å²) in [4.78, 5) is 24.4. The lowest BCUT2D eigenvalue weighted by Crippen LogP contribution is -2.11. The smallest absolute Gasteiger partial charge is 0.224 e. The maximum atomic E-state index is 11.9. The minimum atomic E-state index is -0.139. The molecule has 4 nitrogen and oxygen atoms in total. The molecule has 0 aliphatic carbocycles. The monoisotopic (exact) mass is 337 g/mol. The summed E-state index contributed by atoms with van der Waals surface area (Å²) >= 11 is 7.42. The molecule has 0 atom stereocenters. The number of carbonyl (C=O) groups excluding carboxylic acids is 2. The number of anilines is 1. The lowest BCUT2D eigenvalue weighted by atomic mass is 10.1. The van der Waals surface area contributed by atoms with E-state index in [-0.39, 0.29) is 11.7 Å². The molecule has 0 saturated carbocycles. The first kappa shape index (κ1) is 16.5. The average Bonchev–Trinajstić information content (AvgIpc) is 3.01. The Kier molecular flexibility index (Phi) is 5.98. The van der Waals surface area contributed by atoms with Crippen LogP contribution in [0.5, 0.6) is 5.75 Å². The maximum Gasteiger partial charge on any atom is 0.224 e. The van der Waals surface area contributed by atoms with Gasteiger partial charge in [-0.2, -0.15) is 0 Å². The van der Waals surface area contributed by atoms with E-state index >= 15 is 0 Å². The number of hydrogen-bond donors (Lipinski definition) is 1. The van der Waals surface area contributed by atoms with Crippen molar-refractivity contribution < 1.29 is 14.3 Å². The lowest BCUT2D eigenvalue weighted by molar-refractivity contribution is -0.116. The van der Waals surface area contributed by atoms with Gasteiger partial charge in [0.05, 0.1) is 17.0 Å². The lowest BCUT2D eigenvalue weighted by Gasteiger charge is -2.08. The normalized spacial score (nSPS) is 10.3. The highest BCUT2D eigenvalue weighted by Gasteiger charge is 2.09. The highest BCUT2D eigenvalue weighted by atomic mass is 35.5. The molecule has 22 heavy (non-hydrogen) atoms. The van der Waals surface area contributed by atoms with Crippen molar-refractivity contribution in [3.63, 3.8) is 0 Å². The number of hydrogen-bond acceptors (Lipinski definition) is 4. The van der Waals surface area contributed by atoms with Gasteiger partial charge >= 0.3 is 0 Å². The minimum absolute atomic E-state index is 0.0790. The molecular formula is C16H16ClNO3S. The third kappa shape index (κ3) is 4.58. The zero-order chi connectivity index (χ0) is 15.9. The molecule has 1 amide bonds. The van der Waals surface area contributed by atoms with E-state index < -0.39 is 0 Å². The van der Waals surface area contributed by atoms with Gasteiger partial charge in [0.15, 0.2) is 5.78 Å². The Hall–Kier alpha value is -1.85. The molecule has 0 bridgehead atoms. The van der Waals surface area contributed by atoms with Crippen molar-refractivity contribution in [2.24, 2.45) is 0 Å². The van der Waals surface area contributed by atoms with Crippen LogP contribution >= 0.6 is 22.9 Å². The minimum Gasteiger partial charge on any atom is -0.495 e. The van der Waals surface area contributed by atoms with E-state index in [4.69, 9.17) is 16.3 Å². The molecule has 0 fully saturated rings. The molecule has 6 heteroatoms. The van der Waals surface area contributed by atoms with E-state index in [0.717, 1.165) is 4.88 Å². The van der Waals surface area contributed by atoms with Crippen molar-refractivity contribution in [2.75, 3.05) is 12.4 Å². The van der Waals surface area contributed by atoms with Gasteiger partial charge in [-0.3, -0.25) is 9.59 Å². The van der Waals surface area contributed by atoms with Crippen molar-refractivity contribution in [3.8, 4) is 5.75 Å². The molecule has 0 spiro atoms. The molecule has 1 aromatic carbocycles. The van der Waals surface area contributed by atoms with E-state index in [0.29, 0.717) is 35.7 Å². The molecule has 0 unspecified atom stereocenters. The average molecular weight is 338 g/mol. The Labute approximate surface area is 138 Å². The number of rotatable bonds is 7. The summed E-state index contributed by atoms with van der Waals surface area (Å²) in [5, 5.41) is 5.06. The Balaban J connectivity index is 1.78. The molecular weight excluding hydrogens is 322 g/mol. The molecule has 1 aromatic heterocycles. The first-order valence-corrected chi connectivity index (χ1v) is 8.06. The van der Waals surface area contributed by atoms with Gasteiger partial charge < -0.3 is 10.1 Å². The van der Waals surface area contributed by atoms with E-state index in [9.17, 15) is 9.59 Å². The third-order valence-corrected chi connectivity index (χ3v) is 4.25.